The number of nitriles is 1. The quantitative estimate of drug-likeness (QED) is 0.0467. The molecule has 0 unspecified atom stereocenters. The number of nitrogens with zero attached hydrogens (tertiary/aromatic N) is 17. The van der Waals surface area contributed by atoms with E-state index in [0.29, 0.717) is 0 Å². The highest BCUT2D eigenvalue weighted by molar-refractivity contribution is 5.94. The summed E-state index contributed by atoms with van der Waals surface area (Å²) in [7, 11) is 0. The number of halogens is 3. The SMILES string of the molecule is C#C[C@@H]1[C@H](N2C=CC(N)=NC2=C)O[C@@](CO)(N=[N+]=N)[C@H]1O.C=C1N=C(N)C=CN1[C@@H]1O[C@@](CO)(N=[N+]=N)[C@@H](O)[C@@H]1C#N.C=C1N=C(N)C=CN1[C@@H]1O[C@@](CO)(N=[N+]=N)[C@@H](O)[C@@H]1C(F)(F)F.C=C1N=C(N)C=CN1[C@@H]1O[C@@](CO)(N=[N+]=N)[C@@H](O)[C@@H]1C(N)=O. The average Bonchev–Trinajstić information content (AvgIpc) is 1.74. The van der Waals surface area contributed by atoms with E-state index < -0.39 is 134 Å². The summed E-state index contributed by atoms with van der Waals surface area (Å²) in [6.07, 6.45) is 0.360. The summed E-state index contributed by atoms with van der Waals surface area (Å²) in [5.74, 6) is -2.85. The second-order valence-electron chi connectivity index (χ2n) is 18.7. The summed E-state index contributed by atoms with van der Waals surface area (Å²) >= 11 is 0. The molecule has 8 aliphatic heterocycles. The van der Waals surface area contributed by atoms with Crippen LogP contribution in [0.2, 0.25) is 0 Å². The number of carbonyl (C=O) groups is 1. The van der Waals surface area contributed by atoms with Crippen molar-refractivity contribution < 1.29 is 77.8 Å². The zero-order chi connectivity index (χ0) is 65.1. The smallest absolute Gasteiger partial charge is 0.391 e. The predicted molar refractivity (Wildman–Crippen MR) is 283 cm³/mol. The number of aliphatic imine (C=N–C) groups is 4. The maximum Gasteiger partial charge on any atom is 0.398 e. The molecule has 8 rings (SSSR count). The van der Waals surface area contributed by atoms with Crippen LogP contribution in [0.1, 0.15) is 0 Å². The molecule has 4 fully saturated rings. The molecule has 1 amide bonds. The third-order valence-corrected chi connectivity index (χ3v) is 13.5. The number of aliphatic hydroxyl groups excluding tert-OH is 8. The number of nitrogens with two attached hydrogens (primary N) is 5. The van der Waals surface area contributed by atoms with Crippen molar-refractivity contribution in [2.75, 3.05) is 26.4 Å². The van der Waals surface area contributed by atoms with Crippen molar-refractivity contribution in [2.45, 2.75) is 78.4 Å². The zero-order valence-corrected chi connectivity index (χ0v) is 45.0. The fourth-order valence-electron chi connectivity index (χ4n) is 9.21. The summed E-state index contributed by atoms with van der Waals surface area (Å²) in [5.41, 5.74) is 46.4. The van der Waals surface area contributed by atoms with Gasteiger partial charge in [0, 0.05) is 24.8 Å². The molecule has 0 saturated carbocycles. The van der Waals surface area contributed by atoms with Gasteiger partial charge in [-0.15, -0.1) is 6.42 Å². The highest BCUT2D eigenvalue weighted by Crippen LogP contribution is 2.48. The number of rotatable bonds is 13. The van der Waals surface area contributed by atoms with Gasteiger partial charge in [0.1, 0.15) is 137 Å². The normalized spacial score (nSPS) is 34.7. The first-order chi connectivity index (χ1) is 41.0. The third kappa shape index (κ3) is 13.5. The number of amidine groups is 4. The fourth-order valence-corrected chi connectivity index (χ4v) is 9.21. The number of ether oxygens (including phenoxy) is 4. The largest absolute Gasteiger partial charge is 0.398 e. The first-order valence-corrected chi connectivity index (χ1v) is 24.4. The van der Waals surface area contributed by atoms with Gasteiger partial charge in [-0.3, -0.25) is 4.79 Å². The van der Waals surface area contributed by atoms with Crippen LogP contribution in [0.25, 0.3) is 0 Å². The van der Waals surface area contributed by atoms with Gasteiger partial charge in [-0.2, -0.15) is 18.4 Å². The summed E-state index contributed by atoms with van der Waals surface area (Å²) in [5, 5.41) is 101. The Morgan fingerprint density at radius 1 is 0.586 bits per heavy atom. The Morgan fingerprint density at radius 2 is 0.874 bits per heavy atom. The molecule has 16 atom stereocenters. The van der Waals surface area contributed by atoms with Crippen LogP contribution in [0.5, 0.6) is 0 Å². The van der Waals surface area contributed by atoms with Crippen molar-refractivity contribution in [3.63, 3.8) is 0 Å². The second-order valence-corrected chi connectivity index (χ2v) is 18.7. The first-order valence-electron chi connectivity index (χ1n) is 24.4. The molecule has 8 aliphatic rings. The Kier molecular flexibility index (Phi) is 21.4. The minimum absolute atomic E-state index is 0.0348. The molecule has 0 spiro atoms. The van der Waals surface area contributed by atoms with E-state index in [-0.39, 0.29) is 46.6 Å². The topological polar surface area (TPSA) is 633 Å². The minimum Gasteiger partial charge on any atom is -0.391 e. The van der Waals surface area contributed by atoms with Crippen molar-refractivity contribution in [3.05, 3.63) is 98.7 Å². The summed E-state index contributed by atoms with van der Waals surface area (Å²) in [4.78, 5) is 43.4. The monoisotopic (exact) mass is 1230 g/mol. The maximum absolute atomic E-state index is 13.4. The van der Waals surface area contributed by atoms with Gasteiger partial charge in [0.15, 0.2) is 45.4 Å². The molecule has 8 heterocycles. The molecular formula is C45H59F3N26O13+4. The molecule has 0 aromatic carbocycles. The molecule has 39 nitrogen and oxygen atoms in total. The number of hydrogen-bond acceptors (Lipinski definition) is 34. The number of hydrogen-bond donors (Lipinski definition) is 17. The molecule has 42 heteroatoms. The molecule has 0 aliphatic carbocycles. The van der Waals surface area contributed by atoms with Gasteiger partial charge in [0.05, 0.1) is 12.0 Å². The van der Waals surface area contributed by atoms with Crippen LogP contribution in [0.4, 0.5) is 13.2 Å². The van der Waals surface area contributed by atoms with Gasteiger partial charge in [0.25, 0.3) is 22.9 Å². The lowest BCUT2D eigenvalue weighted by Gasteiger charge is -2.32. The Morgan fingerprint density at radius 3 is 1.17 bits per heavy atom. The van der Waals surface area contributed by atoms with Crippen LogP contribution < -0.4 is 48.3 Å². The van der Waals surface area contributed by atoms with Crippen LogP contribution in [-0.2, 0) is 23.7 Å². The molecule has 87 heavy (non-hydrogen) atoms. The van der Waals surface area contributed by atoms with Gasteiger partial charge in [-0.25, -0.2) is 20.0 Å². The highest BCUT2D eigenvalue weighted by Gasteiger charge is 2.69. The van der Waals surface area contributed by atoms with Gasteiger partial charge in [0.2, 0.25) is 25.6 Å². The van der Waals surface area contributed by atoms with E-state index in [9.17, 15) is 64.1 Å². The summed E-state index contributed by atoms with van der Waals surface area (Å²) in [6.45, 7) is 11.2. The Hall–Kier alpha value is -9.93. The zero-order valence-electron chi connectivity index (χ0n) is 45.0. The highest BCUT2D eigenvalue weighted by atomic mass is 19.4. The number of terminal acetylenes is 1. The van der Waals surface area contributed by atoms with E-state index in [1.807, 2.05) is 6.07 Å². The first kappa shape index (κ1) is 67.9. The predicted octanol–water partition coefficient (Wildman–Crippen LogP) is -4.93. The van der Waals surface area contributed by atoms with E-state index >= 15 is 0 Å². The van der Waals surface area contributed by atoms with E-state index in [1.165, 1.54) is 51.4 Å². The van der Waals surface area contributed by atoms with Gasteiger partial charge >= 0.3 is 6.18 Å². The molecular weight excluding hydrogens is 1170 g/mol. The van der Waals surface area contributed by atoms with Crippen LogP contribution in [-0.4, -0.2) is 195 Å². The molecule has 0 radical (unpaired) electrons. The molecule has 0 bridgehead atoms. The number of amides is 1. The summed E-state index contributed by atoms with van der Waals surface area (Å²) < 4.78 is 61.8. The number of aliphatic hydroxyl groups is 8. The van der Waals surface area contributed by atoms with Gasteiger partial charge in [-0.1, -0.05) is 32.2 Å². The van der Waals surface area contributed by atoms with Crippen LogP contribution >= 0.6 is 0 Å². The van der Waals surface area contributed by atoms with Crippen LogP contribution in [0.15, 0.2) is 139 Å². The number of primary amides is 1. The Balaban J connectivity index is 0.000000212. The van der Waals surface area contributed by atoms with Crippen molar-refractivity contribution in [3.8, 4) is 18.4 Å². The number of alkyl halides is 3. The van der Waals surface area contributed by atoms with Crippen molar-refractivity contribution in [2.24, 2.45) is 92.8 Å². The maximum atomic E-state index is 13.4. The standard InChI is InChI=1S/C12H15N6O3.C11H14F3N6O3.C11H15N7O4.C11H14N7O3/c1-3-8-10(20)12(6-19,16-17-14)21-11(8)18-5-4-9(13)15-7(18)2;1-5-17-6(15)2-3-20(5)9-7(11(12,13)14)8(22)10(4-21,23-9)18-19-16;1-5-15-6(12)2-3-18(5)10-7(9(13)21)8(20)11(4-19,22-10)16-17-14;1-6-15-8(13)2-3-18(6)10-7(4-12)9(20)11(5-19,21-10)16-17-14/h1,4-5,8,10-11,14,19-20H,2,6H2,(H2,13,15);2-3,7-9,16,21-22H,1,4H2,(H2,15,17);2-3,7-8,10,14,19-20H,1,4H2,(H3-,12,13,15,21);2-3,7,9-10,14,19-20H,1,5H2,(H2,13,15)/q2*+1;;+1/p+1/t8-,10-,11+,12+;7-,8-,9+,10+;7-,8+,10-,11-;7-,9-,10+,11+/m0010/s1. The molecule has 4 saturated heterocycles. The lowest BCUT2D eigenvalue weighted by atomic mass is 9.95. The van der Waals surface area contributed by atoms with E-state index in [2.05, 4.69) is 92.3 Å². The molecule has 464 valence electrons. The van der Waals surface area contributed by atoms with E-state index in [0.717, 1.165) is 11.1 Å². The average molecular weight is 1230 g/mol. The Labute approximate surface area is 487 Å². The molecule has 0 aromatic rings. The lowest BCUT2D eigenvalue weighted by Crippen LogP contribution is -2.47. The molecule has 22 N–H and O–H groups in total. The number of nitrogens with one attached hydrogen (secondary N) is 4. The van der Waals surface area contributed by atoms with Crippen molar-refractivity contribution in [1.82, 2.24) is 39.2 Å². The summed E-state index contributed by atoms with van der Waals surface area (Å²) in [6, 6.07) is 1.89. The van der Waals surface area contributed by atoms with Gasteiger partial charge in [-0.05, 0) is 24.3 Å². The van der Waals surface area contributed by atoms with Gasteiger partial charge < -0.3 is 108 Å². The Bertz CT molecular complexity index is 3180. The number of carbonyl (C=O) groups excluding carboxylic acids is 1. The van der Waals surface area contributed by atoms with Crippen molar-refractivity contribution >= 4 is 29.2 Å². The van der Waals surface area contributed by atoms with Crippen molar-refractivity contribution in [1.29, 1.82) is 27.4 Å². The van der Waals surface area contributed by atoms with Crippen LogP contribution in [0.3, 0.4) is 0 Å². The third-order valence-electron chi connectivity index (χ3n) is 13.5. The minimum atomic E-state index is -4.89. The molecule has 0 aromatic heterocycles. The van der Waals surface area contributed by atoms with E-state index in [1.54, 1.807) is 6.20 Å². The second kappa shape index (κ2) is 27.4. The van der Waals surface area contributed by atoms with E-state index in [4.69, 9.17) is 76.2 Å². The fraction of sp³-hybridized carbons (Fsp3) is 0.467. The lowest BCUT2D eigenvalue weighted by molar-refractivity contribution is -0.213. The van der Waals surface area contributed by atoms with Crippen LogP contribution in [0, 0.1) is 69.5 Å².